The quantitative estimate of drug-likeness (QED) is 0.790. The summed E-state index contributed by atoms with van der Waals surface area (Å²) in [7, 11) is 0. The number of nitrogens with two attached hydrogens (primary N) is 1. The van der Waals surface area contributed by atoms with Gasteiger partial charge in [0.2, 0.25) is 0 Å². The van der Waals surface area contributed by atoms with Crippen LogP contribution in [0.25, 0.3) is 16.9 Å². The lowest BCUT2D eigenvalue weighted by Gasteiger charge is -2.07. The van der Waals surface area contributed by atoms with Gasteiger partial charge in [0.05, 0.1) is 17.6 Å². The molecule has 19 heavy (non-hydrogen) atoms. The van der Waals surface area contributed by atoms with E-state index in [0.29, 0.717) is 6.54 Å². The zero-order chi connectivity index (χ0) is 13.4. The fourth-order valence-corrected chi connectivity index (χ4v) is 2.43. The van der Waals surface area contributed by atoms with Crippen molar-refractivity contribution < 1.29 is 0 Å². The van der Waals surface area contributed by atoms with Gasteiger partial charge in [-0.15, -0.1) is 0 Å². The van der Waals surface area contributed by atoms with Crippen LogP contribution in [0.5, 0.6) is 0 Å². The van der Waals surface area contributed by atoms with Crippen LogP contribution in [0.4, 0.5) is 0 Å². The Morgan fingerprint density at radius 1 is 1.26 bits per heavy atom. The van der Waals surface area contributed by atoms with Crippen molar-refractivity contribution in [2.45, 2.75) is 13.5 Å². The summed E-state index contributed by atoms with van der Waals surface area (Å²) in [5, 5.41) is 4.63. The molecule has 0 radical (unpaired) electrons. The number of imidazole rings is 1. The molecule has 0 aliphatic rings. The lowest BCUT2D eigenvalue weighted by atomic mass is 10.1. The standard InChI is InChI=1S/C14H13BrN4/c1-9-2-3-10(15)6-12(9)13-4-5-14-17-8-11(7-16)19(14)18-13/h2-6,8H,7,16H2,1H3. The molecule has 0 saturated heterocycles. The van der Waals surface area contributed by atoms with E-state index in [-0.39, 0.29) is 0 Å². The fraction of sp³-hybridized carbons (Fsp3) is 0.143. The average molecular weight is 317 g/mol. The van der Waals surface area contributed by atoms with E-state index >= 15 is 0 Å². The molecule has 3 aromatic rings. The topological polar surface area (TPSA) is 56.2 Å². The van der Waals surface area contributed by atoms with Crippen LogP contribution in [0.15, 0.2) is 41.0 Å². The van der Waals surface area contributed by atoms with Gasteiger partial charge in [0.1, 0.15) is 0 Å². The SMILES string of the molecule is Cc1ccc(Br)cc1-c1ccc2ncc(CN)n2n1. The van der Waals surface area contributed by atoms with Crippen molar-refractivity contribution in [3.8, 4) is 11.3 Å². The molecule has 3 rings (SSSR count). The highest BCUT2D eigenvalue weighted by Crippen LogP contribution is 2.25. The molecule has 2 aromatic heterocycles. The molecule has 0 amide bonds. The van der Waals surface area contributed by atoms with Crippen molar-refractivity contribution in [2.75, 3.05) is 0 Å². The van der Waals surface area contributed by atoms with Gasteiger partial charge in [-0.1, -0.05) is 22.0 Å². The van der Waals surface area contributed by atoms with Crippen LogP contribution in [0.1, 0.15) is 11.3 Å². The Morgan fingerprint density at radius 2 is 2.11 bits per heavy atom. The Morgan fingerprint density at radius 3 is 2.89 bits per heavy atom. The Labute approximate surface area is 119 Å². The molecule has 2 N–H and O–H groups in total. The van der Waals surface area contributed by atoms with Crippen molar-refractivity contribution in [1.82, 2.24) is 14.6 Å². The van der Waals surface area contributed by atoms with E-state index in [4.69, 9.17) is 5.73 Å². The van der Waals surface area contributed by atoms with Crippen LogP contribution in [0, 0.1) is 6.92 Å². The van der Waals surface area contributed by atoms with E-state index in [2.05, 4.69) is 45.1 Å². The number of aromatic nitrogens is 3. The number of rotatable bonds is 2. The van der Waals surface area contributed by atoms with Gasteiger partial charge >= 0.3 is 0 Å². The first kappa shape index (κ1) is 12.3. The number of fused-ring (bicyclic) bond motifs is 1. The van der Waals surface area contributed by atoms with Crippen molar-refractivity contribution in [1.29, 1.82) is 0 Å². The maximum atomic E-state index is 5.69. The van der Waals surface area contributed by atoms with E-state index < -0.39 is 0 Å². The van der Waals surface area contributed by atoms with E-state index in [1.165, 1.54) is 5.56 Å². The summed E-state index contributed by atoms with van der Waals surface area (Å²) in [6.45, 7) is 2.50. The molecule has 0 bridgehead atoms. The van der Waals surface area contributed by atoms with Crippen molar-refractivity contribution >= 4 is 21.6 Å². The third-order valence-corrected chi connectivity index (χ3v) is 3.61. The van der Waals surface area contributed by atoms with E-state index in [1.807, 2.05) is 18.2 Å². The number of hydrogen-bond acceptors (Lipinski definition) is 3. The second-order valence-electron chi connectivity index (χ2n) is 4.40. The highest BCUT2D eigenvalue weighted by molar-refractivity contribution is 9.10. The Kier molecular flexibility index (Phi) is 3.08. The molecule has 0 spiro atoms. The summed E-state index contributed by atoms with van der Waals surface area (Å²) in [4.78, 5) is 4.28. The fourth-order valence-electron chi connectivity index (χ4n) is 2.07. The highest BCUT2D eigenvalue weighted by atomic mass is 79.9. The molecule has 0 fully saturated rings. The predicted molar refractivity (Wildman–Crippen MR) is 78.8 cm³/mol. The largest absolute Gasteiger partial charge is 0.325 e. The monoisotopic (exact) mass is 316 g/mol. The summed E-state index contributed by atoms with van der Waals surface area (Å²) in [6.07, 6.45) is 1.76. The molecule has 0 atom stereocenters. The molecule has 4 nitrogen and oxygen atoms in total. The molecule has 2 heterocycles. The molecule has 5 heteroatoms. The van der Waals surface area contributed by atoms with E-state index in [0.717, 1.165) is 27.1 Å². The number of benzene rings is 1. The van der Waals surface area contributed by atoms with Gasteiger partial charge in [-0.05, 0) is 36.8 Å². The number of nitrogens with zero attached hydrogens (tertiary/aromatic N) is 3. The summed E-state index contributed by atoms with van der Waals surface area (Å²) in [6, 6.07) is 10.1. The van der Waals surface area contributed by atoms with Crippen LogP contribution < -0.4 is 5.73 Å². The second-order valence-corrected chi connectivity index (χ2v) is 5.32. The van der Waals surface area contributed by atoms with Gasteiger partial charge in [-0.3, -0.25) is 0 Å². The smallest absolute Gasteiger partial charge is 0.153 e. The molecule has 0 aliphatic carbocycles. The van der Waals surface area contributed by atoms with Crippen molar-refractivity contribution in [3.63, 3.8) is 0 Å². The third-order valence-electron chi connectivity index (χ3n) is 3.12. The zero-order valence-electron chi connectivity index (χ0n) is 10.5. The van der Waals surface area contributed by atoms with Gasteiger partial charge in [-0.2, -0.15) is 5.10 Å². The first-order chi connectivity index (χ1) is 9.19. The van der Waals surface area contributed by atoms with Crippen LogP contribution in [-0.4, -0.2) is 14.6 Å². The highest BCUT2D eigenvalue weighted by Gasteiger charge is 2.08. The molecule has 0 saturated carbocycles. The van der Waals surface area contributed by atoms with Crippen LogP contribution in [0.3, 0.4) is 0 Å². The Balaban J connectivity index is 2.22. The van der Waals surface area contributed by atoms with Crippen LogP contribution >= 0.6 is 15.9 Å². The molecular formula is C14H13BrN4. The lowest BCUT2D eigenvalue weighted by Crippen LogP contribution is -2.04. The minimum absolute atomic E-state index is 0.426. The average Bonchev–Trinajstić information content (AvgIpc) is 2.83. The summed E-state index contributed by atoms with van der Waals surface area (Å²) in [5.41, 5.74) is 10.6. The first-order valence-electron chi connectivity index (χ1n) is 5.99. The molecular weight excluding hydrogens is 304 g/mol. The molecule has 0 unspecified atom stereocenters. The predicted octanol–water partition coefficient (Wildman–Crippen LogP) is 2.93. The van der Waals surface area contributed by atoms with Crippen LogP contribution in [0.2, 0.25) is 0 Å². The van der Waals surface area contributed by atoms with E-state index in [9.17, 15) is 0 Å². The number of aryl methyl sites for hydroxylation is 1. The van der Waals surface area contributed by atoms with Gasteiger partial charge < -0.3 is 5.73 Å². The van der Waals surface area contributed by atoms with Crippen LogP contribution in [-0.2, 0) is 6.54 Å². The minimum Gasteiger partial charge on any atom is -0.325 e. The maximum Gasteiger partial charge on any atom is 0.153 e. The molecule has 96 valence electrons. The number of halogens is 1. The summed E-state index contributed by atoms with van der Waals surface area (Å²) in [5.74, 6) is 0. The second kappa shape index (κ2) is 4.75. The van der Waals surface area contributed by atoms with Crippen molar-refractivity contribution in [2.24, 2.45) is 5.73 Å². The zero-order valence-corrected chi connectivity index (χ0v) is 12.1. The third kappa shape index (κ3) is 2.15. The van der Waals surface area contributed by atoms with Gasteiger partial charge in [-0.25, -0.2) is 9.50 Å². The normalized spacial score (nSPS) is 11.1. The van der Waals surface area contributed by atoms with E-state index in [1.54, 1.807) is 10.7 Å². The number of hydrogen-bond donors (Lipinski definition) is 1. The first-order valence-corrected chi connectivity index (χ1v) is 6.78. The maximum absolute atomic E-state index is 5.69. The molecule has 0 aliphatic heterocycles. The Hall–Kier alpha value is -1.72. The summed E-state index contributed by atoms with van der Waals surface area (Å²) < 4.78 is 2.84. The van der Waals surface area contributed by atoms with Gasteiger partial charge in [0.15, 0.2) is 5.65 Å². The minimum atomic E-state index is 0.426. The van der Waals surface area contributed by atoms with Crippen molar-refractivity contribution in [3.05, 3.63) is 52.3 Å². The summed E-state index contributed by atoms with van der Waals surface area (Å²) >= 11 is 3.50. The Bertz CT molecular complexity index is 748. The van der Waals surface area contributed by atoms with Gasteiger partial charge in [0, 0.05) is 16.6 Å². The molecule has 1 aromatic carbocycles. The van der Waals surface area contributed by atoms with Gasteiger partial charge in [0.25, 0.3) is 0 Å². The lowest BCUT2D eigenvalue weighted by molar-refractivity contribution is 0.849.